The molecule has 1 N–H and O–H groups in total. The number of carbonyl (C=O) groups is 2. The van der Waals surface area contributed by atoms with Crippen molar-refractivity contribution in [3.05, 3.63) is 0 Å². The average Bonchev–Trinajstić information content (AvgIpc) is 2.37. The van der Waals surface area contributed by atoms with Gasteiger partial charge in [-0.2, -0.15) is 0 Å². The molecule has 1 saturated heterocycles. The first kappa shape index (κ1) is 16.8. The van der Waals surface area contributed by atoms with Crippen molar-refractivity contribution in [2.75, 3.05) is 19.6 Å². The molecule has 0 aromatic heterocycles. The molecule has 0 radical (unpaired) electrons. The van der Waals surface area contributed by atoms with Gasteiger partial charge in [0.25, 0.3) is 0 Å². The van der Waals surface area contributed by atoms with Crippen LogP contribution in [0.2, 0.25) is 0 Å². The Morgan fingerprint density at radius 3 is 2.50 bits per heavy atom. The topological polar surface area (TPSA) is 60.9 Å². The molecular weight excluding hydrogens is 256 g/mol. The first-order chi connectivity index (χ1) is 9.35. The van der Waals surface area contributed by atoms with Gasteiger partial charge in [0.05, 0.1) is 0 Å². The fourth-order valence-electron chi connectivity index (χ4n) is 2.99. The summed E-state index contributed by atoms with van der Waals surface area (Å²) in [5.41, 5.74) is -0.371. The predicted molar refractivity (Wildman–Crippen MR) is 78.7 cm³/mol. The van der Waals surface area contributed by atoms with Crippen molar-refractivity contribution >= 4 is 12.0 Å². The quantitative estimate of drug-likeness (QED) is 0.844. The summed E-state index contributed by atoms with van der Waals surface area (Å²) in [6.07, 6.45) is 3.69. The van der Waals surface area contributed by atoms with Gasteiger partial charge in [-0.25, -0.2) is 9.59 Å². The molecule has 1 atom stereocenters. The van der Waals surface area contributed by atoms with Crippen LogP contribution in [0.1, 0.15) is 53.4 Å². The number of nitrogens with zero attached hydrogens (tertiary/aromatic N) is 2. The minimum absolute atomic E-state index is 0.124. The van der Waals surface area contributed by atoms with E-state index in [-0.39, 0.29) is 11.4 Å². The molecule has 0 saturated carbocycles. The Hall–Kier alpha value is -1.26. The number of carboxylic acids is 1. The number of aliphatic carboxylic acids is 1. The molecule has 1 heterocycles. The summed E-state index contributed by atoms with van der Waals surface area (Å²) < 4.78 is 0. The van der Waals surface area contributed by atoms with Gasteiger partial charge in [0.2, 0.25) is 0 Å². The highest BCUT2D eigenvalue weighted by Crippen LogP contribution is 2.35. The lowest BCUT2D eigenvalue weighted by atomic mass is 9.76. The van der Waals surface area contributed by atoms with Crippen molar-refractivity contribution in [2.45, 2.75) is 59.4 Å². The molecule has 0 aromatic carbocycles. The average molecular weight is 284 g/mol. The van der Waals surface area contributed by atoms with E-state index in [0.29, 0.717) is 19.6 Å². The normalized spacial score (nSPS) is 21.6. The maximum Gasteiger partial charge on any atom is 0.327 e. The van der Waals surface area contributed by atoms with Gasteiger partial charge in [-0.1, -0.05) is 27.2 Å². The van der Waals surface area contributed by atoms with Crippen molar-refractivity contribution in [2.24, 2.45) is 5.41 Å². The number of carbonyl (C=O) groups excluding carboxylic acids is 1. The minimum Gasteiger partial charge on any atom is -0.480 e. The second-order valence-corrected chi connectivity index (χ2v) is 6.24. The number of hydrogen-bond donors (Lipinski definition) is 1. The van der Waals surface area contributed by atoms with Gasteiger partial charge in [0.15, 0.2) is 0 Å². The molecule has 1 rings (SSSR count). The standard InChI is InChI=1S/C15H28N2O3/c1-5-7-10-16(6-2)14(20)17-11-8-9-15(3,4)12(17)13(18)19/h12H,5-11H2,1-4H3,(H,18,19). The van der Waals surface area contributed by atoms with Gasteiger partial charge in [-0.05, 0) is 31.6 Å². The highest BCUT2D eigenvalue weighted by Gasteiger charge is 2.45. The zero-order valence-electron chi connectivity index (χ0n) is 13.2. The summed E-state index contributed by atoms with van der Waals surface area (Å²) in [4.78, 5) is 27.5. The van der Waals surface area contributed by atoms with Crippen LogP contribution in [0.5, 0.6) is 0 Å². The molecule has 5 nitrogen and oxygen atoms in total. The van der Waals surface area contributed by atoms with Crippen LogP contribution in [0.4, 0.5) is 4.79 Å². The second-order valence-electron chi connectivity index (χ2n) is 6.24. The fourth-order valence-corrected chi connectivity index (χ4v) is 2.99. The maximum atomic E-state index is 12.6. The van der Waals surface area contributed by atoms with Gasteiger partial charge in [-0.3, -0.25) is 0 Å². The largest absolute Gasteiger partial charge is 0.480 e. The van der Waals surface area contributed by atoms with E-state index >= 15 is 0 Å². The lowest BCUT2D eigenvalue weighted by molar-refractivity contribution is -0.148. The van der Waals surface area contributed by atoms with Gasteiger partial charge in [-0.15, -0.1) is 0 Å². The van der Waals surface area contributed by atoms with E-state index in [4.69, 9.17) is 0 Å². The van der Waals surface area contributed by atoms with Crippen LogP contribution < -0.4 is 0 Å². The Bertz CT molecular complexity index is 355. The number of rotatable bonds is 5. The third-order valence-corrected chi connectivity index (χ3v) is 4.19. The summed E-state index contributed by atoms with van der Waals surface area (Å²) in [5, 5.41) is 9.51. The van der Waals surface area contributed by atoms with E-state index in [1.165, 1.54) is 0 Å². The van der Waals surface area contributed by atoms with Crippen molar-refractivity contribution in [1.29, 1.82) is 0 Å². The summed E-state index contributed by atoms with van der Waals surface area (Å²) in [7, 11) is 0. The number of unbranched alkanes of at least 4 members (excludes halogenated alkanes) is 1. The van der Waals surface area contributed by atoms with Crippen LogP contribution in [0.15, 0.2) is 0 Å². The Kier molecular flexibility index (Phi) is 5.84. The van der Waals surface area contributed by atoms with Crippen LogP contribution in [-0.4, -0.2) is 52.6 Å². The van der Waals surface area contributed by atoms with Crippen molar-refractivity contribution in [3.63, 3.8) is 0 Å². The Morgan fingerprint density at radius 1 is 1.35 bits per heavy atom. The van der Waals surface area contributed by atoms with E-state index in [2.05, 4.69) is 6.92 Å². The molecule has 5 heteroatoms. The van der Waals surface area contributed by atoms with Crippen LogP contribution in [0, 0.1) is 5.41 Å². The third kappa shape index (κ3) is 3.64. The summed E-state index contributed by atoms with van der Waals surface area (Å²) >= 11 is 0. The predicted octanol–water partition coefficient (Wildman–Crippen LogP) is 2.80. The molecule has 1 aliphatic heterocycles. The maximum absolute atomic E-state index is 12.6. The highest BCUT2D eigenvalue weighted by atomic mass is 16.4. The number of hydrogen-bond acceptors (Lipinski definition) is 2. The van der Waals surface area contributed by atoms with Crippen molar-refractivity contribution in [1.82, 2.24) is 9.80 Å². The van der Waals surface area contributed by atoms with E-state index in [9.17, 15) is 14.7 Å². The first-order valence-electron chi connectivity index (χ1n) is 7.63. The third-order valence-electron chi connectivity index (χ3n) is 4.19. The first-order valence-corrected chi connectivity index (χ1v) is 7.63. The van der Waals surface area contributed by atoms with Gasteiger partial charge >= 0.3 is 12.0 Å². The summed E-state index contributed by atoms with van der Waals surface area (Å²) in [6, 6.07) is -0.847. The molecule has 1 aliphatic rings. The molecule has 0 aromatic rings. The lowest BCUT2D eigenvalue weighted by Crippen LogP contribution is -2.59. The minimum atomic E-state index is -0.894. The highest BCUT2D eigenvalue weighted by molar-refractivity contribution is 5.83. The molecular formula is C15H28N2O3. The smallest absolute Gasteiger partial charge is 0.327 e. The summed E-state index contributed by atoms with van der Waals surface area (Å²) in [6.45, 7) is 9.78. The number of urea groups is 1. The van der Waals surface area contributed by atoms with Crippen LogP contribution in [0.3, 0.4) is 0 Å². The molecule has 1 fully saturated rings. The summed E-state index contributed by atoms with van der Waals surface area (Å²) in [5.74, 6) is -0.894. The Morgan fingerprint density at radius 2 is 2.00 bits per heavy atom. The van der Waals surface area contributed by atoms with Gasteiger partial charge in [0, 0.05) is 19.6 Å². The van der Waals surface area contributed by atoms with Crippen LogP contribution in [-0.2, 0) is 4.79 Å². The Balaban J connectivity index is 2.90. The second kappa shape index (κ2) is 6.95. The number of amides is 2. The Labute approximate surface area is 121 Å². The molecule has 1 unspecified atom stereocenters. The van der Waals surface area contributed by atoms with E-state index in [0.717, 1.165) is 25.7 Å². The van der Waals surface area contributed by atoms with Crippen molar-refractivity contribution in [3.8, 4) is 0 Å². The molecule has 116 valence electrons. The van der Waals surface area contributed by atoms with Crippen LogP contribution >= 0.6 is 0 Å². The van der Waals surface area contributed by atoms with Crippen LogP contribution in [0.25, 0.3) is 0 Å². The van der Waals surface area contributed by atoms with Gasteiger partial charge < -0.3 is 14.9 Å². The SMILES string of the molecule is CCCCN(CC)C(=O)N1CCCC(C)(C)C1C(=O)O. The number of likely N-dealkylation sites (tertiary alicyclic amines) is 1. The van der Waals surface area contributed by atoms with Gasteiger partial charge in [0.1, 0.15) is 6.04 Å². The van der Waals surface area contributed by atoms with Crippen molar-refractivity contribution < 1.29 is 14.7 Å². The number of carboxylic acid groups (broad SMARTS) is 1. The molecule has 0 spiro atoms. The van der Waals surface area contributed by atoms with E-state index in [1.54, 1.807) is 9.80 Å². The fraction of sp³-hybridized carbons (Fsp3) is 0.867. The van der Waals surface area contributed by atoms with E-state index < -0.39 is 12.0 Å². The number of piperidine rings is 1. The molecule has 20 heavy (non-hydrogen) atoms. The zero-order chi connectivity index (χ0) is 15.3. The van der Waals surface area contributed by atoms with E-state index in [1.807, 2.05) is 20.8 Å². The molecule has 2 amide bonds. The monoisotopic (exact) mass is 284 g/mol. The molecule has 0 aliphatic carbocycles. The zero-order valence-corrected chi connectivity index (χ0v) is 13.2. The lowest BCUT2D eigenvalue weighted by Gasteiger charge is -2.45. The molecule has 0 bridgehead atoms.